The second-order valence-electron chi connectivity index (χ2n) is 8.98. The van der Waals surface area contributed by atoms with Crippen LogP contribution in [0, 0.1) is 5.92 Å². The number of carbonyl (C=O) groups is 1. The third kappa shape index (κ3) is 4.03. The van der Waals surface area contributed by atoms with Crippen LogP contribution >= 0.6 is 0 Å². The molecule has 1 unspecified atom stereocenters. The molecule has 2 aromatic rings. The Morgan fingerprint density at radius 1 is 1.25 bits per heavy atom. The molecule has 7 heteroatoms. The van der Waals surface area contributed by atoms with Gasteiger partial charge in [-0.2, -0.15) is 4.98 Å². The monoisotopic (exact) mass is 383 g/mol. The van der Waals surface area contributed by atoms with E-state index < -0.39 is 0 Å². The molecule has 2 aliphatic rings. The van der Waals surface area contributed by atoms with Crippen LogP contribution in [0.2, 0.25) is 0 Å². The van der Waals surface area contributed by atoms with Crippen molar-refractivity contribution in [3.8, 4) is 11.4 Å². The summed E-state index contributed by atoms with van der Waals surface area (Å²) in [6, 6.07) is 3.88. The first kappa shape index (κ1) is 18.9. The number of aromatic nitrogens is 3. The van der Waals surface area contributed by atoms with Gasteiger partial charge >= 0.3 is 0 Å². The molecule has 0 radical (unpaired) electrons. The van der Waals surface area contributed by atoms with Gasteiger partial charge in [-0.25, -0.2) is 4.98 Å². The van der Waals surface area contributed by atoms with Gasteiger partial charge in [0.15, 0.2) is 0 Å². The van der Waals surface area contributed by atoms with Crippen molar-refractivity contribution in [3.05, 3.63) is 24.2 Å². The fourth-order valence-corrected chi connectivity index (χ4v) is 3.84. The van der Waals surface area contributed by atoms with Crippen LogP contribution in [0.5, 0.6) is 0 Å². The van der Waals surface area contributed by atoms with E-state index in [1.807, 2.05) is 32.9 Å². The van der Waals surface area contributed by atoms with Gasteiger partial charge in [0.2, 0.25) is 17.6 Å². The molecule has 0 bridgehead atoms. The standard InChI is InChI=1S/C21H29N5O2/c1-21(2,3)24-19(27)15-9-6-12-26(13-15)18-16(10-5-11-22-18)17-23-20(28-25-17)14-7-4-8-14/h5,10-11,14-15H,4,6-9,12-13H2,1-3H3,(H,24,27). The molecule has 0 aromatic carbocycles. The van der Waals surface area contributed by atoms with Crippen molar-refractivity contribution in [1.82, 2.24) is 20.4 Å². The third-order valence-corrected chi connectivity index (χ3v) is 5.51. The summed E-state index contributed by atoms with van der Waals surface area (Å²) in [5, 5.41) is 7.33. The van der Waals surface area contributed by atoms with Crippen LogP contribution in [0.15, 0.2) is 22.9 Å². The van der Waals surface area contributed by atoms with Gasteiger partial charge in [-0.1, -0.05) is 11.6 Å². The fourth-order valence-electron chi connectivity index (χ4n) is 3.84. The van der Waals surface area contributed by atoms with Gasteiger partial charge in [-0.3, -0.25) is 4.79 Å². The SMILES string of the molecule is CC(C)(C)NC(=O)C1CCCN(c2ncccc2-c2noc(C3CCC3)n2)C1. The van der Waals surface area contributed by atoms with Gasteiger partial charge in [-0.05, 0) is 58.6 Å². The first-order valence-corrected chi connectivity index (χ1v) is 10.3. The Kier molecular flexibility index (Phi) is 5.08. The summed E-state index contributed by atoms with van der Waals surface area (Å²) < 4.78 is 5.51. The van der Waals surface area contributed by atoms with E-state index in [9.17, 15) is 4.79 Å². The molecule has 4 rings (SSSR count). The molecule has 1 aliphatic heterocycles. The molecule has 7 nitrogen and oxygen atoms in total. The van der Waals surface area contributed by atoms with Crippen LogP contribution in [0.25, 0.3) is 11.4 Å². The second-order valence-corrected chi connectivity index (χ2v) is 8.98. The molecule has 1 amide bonds. The number of amides is 1. The summed E-state index contributed by atoms with van der Waals surface area (Å²) in [5.41, 5.74) is 0.645. The molecule has 1 N–H and O–H groups in total. The molecule has 1 saturated heterocycles. The minimum atomic E-state index is -0.224. The maximum absolute atomic E-state index is 12.7. The van der Waals surface area contributed by atoms with Crippen molar-refractivity contribution in [2.75, 3.05) is 18.0 Å². The molecular formula is C21H29N5O2. The first-order chi connectivity index (χ1) is 13.4. The molecule has 1 saturated carbocycles. The van der Waals surface area contributed by atoms with Gasteiger partial charge in [0.05, 0.1) is 11.5 Å². The van der Waals surface area contributed by atoms with Crippen LogP contribution in [-0.2, 0) is 4.79 Å². The number of carbonyl (C=O) groups excluding carboxylic acids is 1. The summed E-state index contributed by atoms with van der Waals surface area (Å²) in [6.07, 6.45) is 7.11. The van der Waals surface area contributed by atoms with Gasteiger partial charge < -0.3 is 14.7 Å². The normalized spacial score (nSPS) is 20.7. The van der Waals surface area contributed by atoms with Crippen molar-refractivity contribution in [2.24, 2.45) is 5.92 Å². The molecule has 0 spiro atoms. The van der Waals surface area contributed by atoms with Gasteiger partial charge in [0, 0.05) is 30.7 Å². The van der Waals surface area contributed by atoms with E-state index in [0.29, 0.717) is 18.3 Å². The maximum Gasteiger partial charge on any atom is 0.230 e. The van der Waals surface area contributed by atoms with Gasteiger partial charge in [0.1, 0.15) is 5.82 Å². The highest BCUT2D eigenvalue weighted by Gasteiger charge is 2.31. The Bertz CT molecular complexity index is 837. The Balaban J connectivity index is 1.54. The number of rotatable bonds is 4. The molecule has 150 valence electrons. The van der Waals surface area contributed by atoms with E-state index in [4.69, 9.17) is 4.52 Å². The number of hydrogen-bond donors (Lipinski definition) is 1. The lowest BCUT2D eigenvalue weighted by Gasteiger charge is -2.35. The fraction of sp³-hybridized carbons (Fsp3) is 0.619. The Hall–Kier alpha value is -2.44. The number of anilines is 1. The zero-order chi connectivity index (χ0) is 19.7. The lowest BCUT2D eigenvalue weighted by atomic mass is 9.85. The minimum absolute atomic E-state index is 0.0429. The van der Waals surface area contributed by atoms with Crippen molar-refractivity contribution < 1.29 is 9.32 Å². The maximum atomic E-state index is 12.7. The highest BCUT2D eigenvalue weighted by Crippen LogP contribution is 2.37. The lowest BCUT2D eigenvalue weighted by Crippen LogP contribution is -2.49. The van der Waals surface area contributed by atoms with E-state index >= 15 is 0 Å². The van der Waals surface area contributed by atoms with Crippen LogP contribution in [-0.4, -0.2) is 39.7 Å². The zero-order valence-electron chi connectivity index (χ0n) is 16.9. The number of nitrogens with zero attached hydrogens (tertiary/aromatic N) is 4. The van der Waals surface area contributed by atoms with Crippen LogP contribution in [0.3, 0.4) is 0 Å². The number of hydrogen-bond acceptors (Lipinski definition) is 6. The van der Waals surface area contributed by atoms with Crippen molar-refractivity contribution in [3.63, 3.8) is 0 Å². The summed E-state index contributed by atoms with van der Waals surface area (Å²) in [6.45, 7) is 7.56. The van der Waals surface area contributed by atoms with E-state index in [0.717, 1.165) is 49.5 Å². The van der Waals surface area contributed by atoms with E-state index in [1.54, 1.807) is 6.20 Å². The Morgan fingerprint density at radius 2 is 2.07 bits per heavy atom. The zero-order valence-corrected chi connectivity index (χ0v) is 16.9. The second kappa shape index (κ2) is 7.53. The minimum Gasteiger partial charge on any atom is -0.355 e. The number of nitrogens with one attached hydrogen (secondary N) is 1. The summed E-state index contributed by atoms with van der Waals surface area (Å²) in [5.74, 6) is 2.63. The topological polar surface area (TPSA) is 84.2 Å². The Morgan fingerprint density at radius 3 is 2.79 bits per heavy atom. The average Bonchev–Trinajstić information content (AvgIpc) is 3.08. The quantitative estimate of drug-likeness (QED) is 0.869. The first-order valence-electron chi connectivity index (χ1n) is 10.3. The molecular weight excluding hydrogens is 354 g/mol. The molecule has 1 aliphatic carbocycles. The molecule has 1 atom stereocenters. The molecule has 3 heterocycles. The van der Waals surface area contributed by atoms with Crippen molar-refractivity contribution in [1.29, 1.82) is 0 Å². The smallest absolute Gasteiger partial charge is 0.230 e. The predicted molar refractivity (Wildman–Crippen MR) is 107 cm³/mol. The van der Waals surface area contributed by atoms with Crippen LogP contribution in [0.4, 0.5) is 5.82 Å². The lowest BCUT2D eigenvalue weighted by molar-refractivity contribution is -0.126. The summed E-state index contributed by atoms with van der Waals surface area (Å²) in [4.78, 5) is 24.1. The van der Waals surface area contributed by atoms with E-state index in [1.165, 1.54) is 6.42 Å². The largest absolute Gasteiger partial charge is 0.355 e. The van der Waals surface area contributed by atoms with E-state index in [2.05, 4.69) is 25.3 Å². The van der Waals surface area contributed by atoms with Gasteiger partial charge in [-0.15, -0.1) is 0 Å². The van der Waals surface area contributed by atoms with Crippen molar-refractivity contribution >= 4 is 11.7 Å². The Labute approximate surface area is 165 Å². The number of piperidine rings is 1. The van der Waals surface area contributed by atoms with Gasteiger partial charge in [0.25, 0.3) is 0 Å². The van der Waals surface area contributed by atoms with Crippen LogP contribution in [0.1, 0.15) is 64.7 Å². The van der Waals surface area contributed by atoms with E-state index in [-0.39, 0.29) is 17.4 Å². The summed E-state index contributed by atoms with van der Waals surface area (Å²) in [7, 11) is 0. The van der Waals surface area contributed by atoms with Crippen LogP contribution < -0.4 is 10.2 Å². The van der Waals surface area contributed by atoms with Crippen molar-refractivity contribution in [2.45, 2.75) is 64.3 Å². The number of pyridine rings is 1. The third-order valence-electron chi connectivity index (χ3n) is 5.51. The molecule has 2 fully saturated rings. The highest BCUT2D eigenvalue weighted by molar-refractivity contribution is 5.80. The summed E-state index contributed by atoms with van der Waals surface area (Å²) >= 11 is 0. The molecule has 2 aromatic heterocycles. The molecule has 28 heavy (non-hydrogen) atoms. The predicted octanol–water partition coefficient (Wildman–Crippen LogP) is 3.53. The average molecular weight is 383 g/mol. The highest BCUT2D eigenvalue weighted by atomic mass is 16.5.